The summed E-state index contributed by atoms with van der Waals surface area (Å²) in [5.41, 5.74) is 1.55. The van der Waals surface area contributed by atoms with E-state index in [-0.39, 0.29) is 5.76 Å². The maximum atomic E-state index is 11.2. The van der Waals surface area contributed by atoms with Crippen LogP contribution in [0.5, 0.6) is 0 Å². The number of aliphatic hydroxyl groups excluding tert-OH is 2. The predicted molar refractivity (Wildman–Crippen MR) is 55.5 cm³/mol. The lowest BCUT2D eigenvalue weighted by Crippen LogP contribution is -2.41. The summed E-state index contributed by atoms with van der Waals surface area (Å²) >= 11 is 0. The molecule has 0 heterocycles. The van der Waals surface area contributed by atoms with Gasteiger partial charge in [0, 0.05) is 0 Å². The Balaban J connectivity index is 4.33. The van der Waals surface area contributed by atoms with Crippen LogP contribution in [0.3, 0.4) is 0 Å². The van der Waals surface area contributed by atoms with Crippen LogP contribution in [0.4, 0.5) is 4.79 Å². The van der Waals surface area contributed by atoms with E-state index in [0.717, 1.165) is 0 Å². The molecule has 0 unspecified atom stereocenters. The molecule has 0 rings (SSSR count). The lowest BCUT2D eigenvalue weighted by molar-refractivity contribution is 0.0479. The van der Waals surface area contributed by atoms with E-state index in [1.807, 2.05) is 0 Å². The van der Waals surface area contributed by atoms with Crippen LogP contribution in [-0.2, 0) is 4.74 Å². The molecule has 86 valence electrons. The van der Waals surface area contributed by atoms with Gasteiger partial charge in [-0.25, -0.2) is 4.79 Å². The molecule has 0 radical (unpaired) electrons. The van der Waals surface area contributed by atoms with Crippen molar-refractivity contribution in [1.82, 2.24) is 5.32 Å². The van der Waals surface area contributed by atoms with E-state index in [2.05, 4.69) is 17.6 Å². The van der Waals surface area contributed by atoms with Crippen molar-refractivity contribution in [1.29, 1.82) is 0 Å². The Labute approximate surface area is 89.1 Å². The number of ether oxygens (including phenoxy) is 1. The Kier molecular flexibility index (Phi) is 4.91. The van der Waals surface area contributed by atoms with Gasteiger partial charge in [-0.05, 0) is 20.8 Å². The zero-order chi connectivity index (χ0) is 12.1. The Morgan fingerprint density at radius 2 is 2.13 bits per heavy atom. The average molecular weight is 215 g/mol. The van der Waals surface area contributed by atoms with Crippen molar-refractivity contribution in [3.05, 3.63) is 18.1 Å². The van der Waals surface area contributed by atoms with E-state index in [1.165, 1.54) is 0 Å². The fraction of sp³-hybridized carbons (Fsp3) is 0.600. The molecule has 15 heavy (non-hydrogen) atoms. The van der Waals surface area contributed by atoms with Gasteiger partial charge in [-0.15, -0.1) is 0 Å². The van der Waals surface area contributed by atoms with E-state index in [0.29, 0.717) is 0 Å². The van der Waals surface area contributed by atoms with Crippen LogP contribution in [0.2, 0.25) is 0 Å². The van der Waals surface area contributed by atoms with E-state index < -0.39 is 24.3 Å². The number of alkyl carbamates (subject to hydrolysis) is 1. The highest BCUT2D eigenvalue weighted by molar-refractivity contribution is 5.68. The second kappa shape index (κ2) is 5.44. The quantitative estimate of drug-likeness (QED) is 0.486. The van der Waals surface area contributed by atoms with Gasteiger partial charge in [0.05, 0.1) is 6.61 Å². The first-order valence-corrected chi connectivity index (χ1v) is 4.49. The molecule has 5 nitrogen and oxygen atoms in total. The van der Waals surface area contributed by atoms with Crippen LogP contribution in [0, 0.1) is 0 Å². The second-order valence-electron chi connectivity index (χ2n) is 3.94. The van der Waals surface area contributed by atoms with Crippen molar-refractivity contribution in [2.24, 2.45) is 0 Å². The first-order valence-electron chi connectivity index (χ1n) is 4.49. The van der Waals surface area contributed by atoms with Crippen LogP contribution in [-0.4, -0.2) is 34.6 Å². The smallest absolute Gasteiger partial charge is 0.408 e. The molecule has 0 aliphatic carbocycles. The van der Waals surface area contributed by atoms with Gasteiger partial charge in [-0.3, -0.25) is 0 Å². The highest BCUT2D eigenvalue weighted by Gasteiger charge is 2.20. The molecule has 0 spiro atoms. The number of hydrogen-bond donors (Lipinski definition) is 3. The molecule has 0 aliphatic heterocycles. The van der Waals surface area contributed by atoms with Crippen LogP contribution in [0.15, 0.2) is 18.1 Å². The van der Waals surface area contributed by atoms with Crippen molar-refractivity contribution < 1.29 is 19.7 Å². The maximum absolute atomic E-state index is 11.2. The summed E-state index contributed by atoms with van der Waals surface area (Å²) in [7, 11) is 0. The average Bonchev–Trinajstić information content (AvgIpc) is 2.10. The zero-order valence-electron chi connectivity index (χ0n) is 9.20. The SMILES string of the molecule is C=C=C(O)[C@@H](CO)NC(=O)OC(C)(C)C. The van der Waals surface area contributed by atoms with Gasteiger partial charge in [0.1, 0.15) is 11.6 Å². The van der Waals surface area contributed by atoms with Gasteiger partial charge in [-0.1, -0.05) is 12.3 Å². The third-order valence-corrected chi connectivity index (χ3v) is 1.38. The molecular weight excluding hydrogens is 198 g/mol. The number of amides is 1. The van der Waals surface area contributed by atoms with Crippen LogP contribution < -0.4 is 5.32 Å². The minimum atomic E-state index is -0.933. The van der Waals surface area contributed by atoms with Crippen molar-refractivity contribution in [3.8, 4) is 0 Å². The van der Waals surface area contributed by atoms with Crippen LogP contribution in [0.25, 0.3) is 0 Å². The van der Waals surface area contributed by atoms with Gasteiger partial charge >= 0.3 is 6.09 Å². The number of carbonyl (C=O) groups is 1. The molecule has 1 atom stereocenters. The van der Waals surface area contributed by atoms with Crippen molar-refractivity contribution in [3.63, 3.8) is 0 Å². The maximum Gasteiger partial charge on any atom is 0.408 e. The van der Waals surface area contributed by atoms with E-state index in [9.17, 15) is 9.90 Å². The summed E-state index contributed by atoms with van der Waals surface area (Å²) in [6.45, 7) is 7.88. The molecule has 0 aliphatic rings. The molecule has 0 saturated carbocycles. The molecular formula is C10H17NO4. The van der Waals surface area contributed by atoms with Crippen molar-refractivity contribution in [2.75, 3.05) is 6.61 Å². The van der Waals surface area contributed by atoms with Gasteiger partial charge < -0.3 is 20.3 Å². The Hall–Kier alpha value is -1.45. The van der Waals surface area contributed by atoms with Gasteiger partial charge in [-0.2, -0.15) is 0 Å². The molecule has 0 saturated heterocycles. The standard InChI is InChI=1S/C10H17NO4/c1-5-8(13)7(6-12)11-9(14)15-10(2,3)4/h7,12-13H,1,6H2,2-4H3,(H,11,14)/t7-/m1/s1. The summed E-state index contributed by atoms with van der Waals surface area (Å²) < 4.78 is 4.93. The molecule has 5 heteroatoms. The lowest BCUT2D eigenvalue weighted by Gasteiger charge is -2.22. The summed E-state index contributed by atoms with van der Waals surface area (Å²) in [6.07, 6.45) is -0.719. The molecule has 1 amide bonds. The van der Waals surface area contributed by atoms with Crippen molar-refractivity contribution in [2.45, 2.75) is 32.4 Å². The minimum Gasteiger partial charge on any atom is -0.503 e. The third-order valence-electron chi connectivity index (χ3n) is 1.38. The third kappa shape index (κ3) is 5.78. The molecule has 0 fully saturated rings. The topological polar surface area (TPSA) is 78.8 Å². The van der Waals surface area contributed by atoms with E-state index >= 15 is 0 Å². The van der Waals surface area contributed by atoms with Crippen LogP contribution in [0.1, 0.15) is 20.8 Å². The number of rotatable bonds is 3. The Morgan fingerprint density at radius 3 is 2.47 bits per heavy atom. The molecule has 0 bridgehead atoms. The largest absolute Gasteiger partial charge is 0.503 e. The van der Waals surface area contributed by atoms with Crippen LogP contribution >= 0.6 is 0 Å². The minimum absolute atomic E-state index is 0.330. The first-order chi connectivity index (χ1) is 6.80. The van der Waals surface area contributed by atoms with Gasteiger partial charge in [0.2, 0.25) is 0 Å². The molecule has 0 aromatic rings. The molecule has 3 N–H and O–H groups in total. The van der Waals surface area contributed by atoms with Gasteiger partial charge in [0.15, 0.2) is 5.76 Å². The van der Waals surface area contributed by atoms with E-state index in [4.69, 9.17) is 9.84 Å². The number of aliphatic hydroxyl groups is 2. The number of hydrogen-bond acceptors (Lipinski definition) is 4. The van der Waals surface area contributed by atoms with E-state index in [1.54, 1.807) is 20.8 Å². The zero-order valence-corrected chi connectivity index (χ0v) is 9.20. The highest BCUT2D eigenvalue weighted by atomic mass is 16.6. The Morgan fingerprint density at radius 1 is 1.60 bits per heavy atom. The fourth-order valence-corrected chi connectivity index (χ4v) is 0.773. The normalized spacial score (nSPS) is 12.5. The summed E-state index contributed by atoms with van der Waals surface area (Å²) in [6, 6.07) is -0.933. The number of carbonyl (C=O) groups excluding carboxylic acids is 1. The predicted octanol–water partition coefficient (Wildman–Crippen LogP) is 1.10. The molecule has 0 aromatic heterocycles. The second-order valence-corrected chi connectivity index (χ2v) is 3.94. The lowest BCUT2D eigenvalue weighted by atomic mass is 10.2. The monoisotopic (exact) mass is 215 g/mol. The van der Waals surface area contributed by atoms with Gasteiger partial charge in [0.25, 0.3) is 0 Å². The number of nitrogens with one attached hydrogen (secondary N) is 1. The first kappa shape index (κ1) is 13.5. The summed E-state index contributed by atoms with van der Waals surface area (Å²) in [5.74, 6) is -0.330. The van der Waals surface area contributed by atoms with Crippen molar-refractivity contribution >= 4 is 6.09 Å². The fourth-order valence-electron chi connectivity index (χ4n) is 0.773. The summed E-state index contributed by atoms with van der Waals surface area (Å²) in [4.78, 5) is 11.2. The summed E-state index contributed by atoms with van der Waals surface area (Å²) in [5, 5.41) is 20.3. The highest BCUT2D eigenvalue weighted by Crippen LogP contribution is 2.07. The molecule has 0 aromatic carbocycles. The Bertz CT molecular complexity index is 274.